The van der Waals surface area contributed by atoms with Gasteiger partial charge in [0.05, 0.1) is 23.1 Å². The fourth-order valence-electron chi connectivity index (χ4n) is 5.94. The molecule has 0 radical (unpaired) electrons. The average Bonchev–Trinajstić information content (AvgIpc) is 3.62. The Morgan fingerprint density at radius 1 is 1.20 bits per heavy atom. The van der Waals surface area contributed by atoms with Crippen molar-refractivity contribution in [2.75, 3.05) is 18.5 Å². The Morgan fingerprint density at radius 2 is 1.93 bits per heavy atom. The number of nitrogens with one attached hydrogen (secondary N) is 1. The number of rotatable bonds is 16. The summed E-state index contributed by atoms with van der Waals surface area (Å²) in [4.78, 5) is 13.2. The van der Waals surface area contributed by atoms with Gasteiger partial charge in [0.1, 0.15) is 5.82 Å². The number of aromatic nitrogens is 3. The molecule has 2 aromatic rings. The van der Waals surface area contributed by atoms with Crippen LogP contribution >= 0.6 is 0 Å². The van der Waals surface area contributed by atoms with Gasteiger partial charge in [0, 0.05) is 31.5 Å². The van der Waals surface area contributed by atoms with Crippen LogP contribution in [0.1, 0.15) is 134 Å². The zero-order valence-electron chi connectivity index (χ0n) is 25.6. The highest BCUT2D eigenvalue weighted by Gasteiger charge is 2.41. The number of hydrogen-bond acceptors (Lipinski definition) is 4. The summed E-state index contributed by atoms with van der Waals surface area (Å²) in [7, 11) is 0. The van der Waals surface area contributed by atoms with E-state index in [9.17, 15) is 9.18 Å². The van der Waals surface area contributed by atoms with Gasteiger partial charge in [-0.15, -0.1) is 5.10 Å². The number of anilines is 1. The summed E-state index contributed by atoms with van der Waals surface area (Å²) in [6.07, 6.45) is 9.96. The molecule has 2 aliphatic rings. The van der Waals surface area contributed by atoms with Crippen LogP contribution in [-0.2, 0) is 9.53 Å². The van der Waals surface area contributed by atoms with Crippen LogP contribution in [0.5, 0.6) is 0 Å². The van der Waals surface area contributed by atoms with Gasteiger partial charge in [-0.05, 0) is 93.2 Å². The van der Waals surface area contributed by atoms with Gasteiger partial charge in [0.25, 0.3) is 0 Å². The van der Waals surface area contributed by atoms with Crippen LogP contribution in [0.3, 0.4) is 0 Å². The van der Waals surface area contributed by atoms with E-state index in [4.69, 9.17) is 15.0 Å². The SMILES string of the molecule is CCCCOCCC[C@@H](CC(=O)Nc1ccc(C)cc1F)c1nnn([C@H]2C[C@@H](CC(C)(C)C(C)C)C2)c1C1CC1. The largest absolute Gasteiger partial charge is 0.381 e. The minimum atomic E-state index is -0.404. The van der Waals surface area contributed by atoms with Crippen LogP contribution in [0, 0.1) is 30.0 Å². The lowest BCUT2D eigenvalue weighted by Crippen LogP contribution is -2.33. The molecule has 6 nitrogen and oxygen atoms in total. The molecular weight excluding hydrogens is 503 g/mol. The van der Waals surface area contributed by atoms with Crippen molar-refractivity contribution in [3.63, 3.8) is 0 Å². The molecule has 1 N–H and O–H groups in total. The summed E-state index contributed by atoms with van der Waals surface area (Å²) in [6.45, 7) is 14.9. The van der Waals surface area contributed by atoms with E-state index in [1.165, 1.54) is 18.2 Å². The number of aryl methyl sites for hydroxylation is 1. The molecule has 1 heterocycles. The van der Waals surface area contributed by atoms with Gasteiger partial charge in [-0.25, -0.2) is 9.07 Å². The van der Waals surface area contributed by atoms with E-state index in [1.54, 1.807) is 6.07 Å². The maximum Gasteiger partial charge on any atom is 0.225 e. The maximum absolute atomic E-state index is 14.5. The first kappa shape index (κ1) is 30.7. The highest BCUT2D eigenvalue weighted by molar-refractivity contribution is 5.91. The molecule has 1 aromatic carbocycles. The van der Waals surface area contributed by atoms with Crippen LogP contribution in [-0.4, -0.2) is 34.1 Å². The Kier molecular flexibility index (Phi) is 10.4. The van der Waals surface area contributed by atoms with Crippen molar-refractivity contribution in [3.05, 3.63) is 41.0 Å². The summed E-state index contributed by atoms with van der Waals surface area (Å²) in [6, 6.07) is 5.30. The number of unbranched alkanes of at least 4 members (excludes halogenated alkanes) is 1. The molecule has 4 rings (SSSR count). The minimum Gasteiger partial charge on any atom is -0.381 e. The summed E-state index contributed by atoms with van der Waals surface area (Å²) in [5, 5.41) is 12.3. The predicted octanol–water partition coefficient (Wildman–Crippen LogP) is 8.34. The van der Waals surface area contributed by atoms with E-state index in [0.717, 1.165) is 75.1 Å². The number of carbonyl (C=O) groups excluding carboxylic acids is 1. The van der Waals surface area contributed by atoms with E-state index in [0.29, 0.717) is 29.9 Å². The number of ether oxygens (including phenoxy) is 1. The summed E-state index contributed by atoms with van der Waals surface area (Å²) < 4.78 is 22.5. The number of halogens is 1. The zero-order valence-corrected chi connectivity index (χ0v) is 25.6. The normalized spacial score (nSPS) is 20.0. The molecule has 7 heteroatoms. The van der Waals surface area contributed by atoms with Gasteiger partial charge in [-0.3, -0.25) is 4.79 Å². The molecule has 0 saturated heterocycles. The first-order chi connectivity index (χ1) is 19.1. The van der Waals surface area contributed by atoms with E-state index in [1.807, 2.05) is 13.0 Å². The molecule has 2 aliphatic carbocycles. The Balaban J connectivity index is 1.47. The van der Waals surface area contributed by atoms with Crippen LogP contribution < -0.4 is 5.32 Å². The van der Waals surface area contributed by atoms with Gasteiger partial charge in [0.15, 0.2) is 0 Å². The highest BCUT2D eigenvalue weighted by atomic mass is 19.1. The van der Waals surface area contributed by atoms with Crippen molar-refractivity contribution in [3.8, 4) is 0 Å². The van der Waals surface area contributed by atoms with E-state index in [-0.39, 0.29) is 23.9 Å². The van der Waals surface area contributed by atoms with Gasteiger partial charge >= 0.3 is 0 Å². The molecule has 0 aliphatic heterocycles. The number of carbonyl (C=O) groups is 1. The molecular formula is C33H51FN4O2. The zero-order chi connectivity index (χ0) is 28.9. The standard InChI is InChI=1S/C33H51FN4O2/c1-7-8-15-40-16-9-10-26(20-30(39)35-29-14-11-23(4)17-28(29)34)31-32(25-12-13-25)38(37-36-31)27-18-24(19-27)21-33(5,6)22(2)3/h11,14,17,22,24-27H,7-10,12-13,15-16,18-21H2,1-6H3,(H,35,39)/t24-,26-,27+/m0/s1. The van der Waals surface area contributed by atoms with Gasteiger partial charge in [0.2, 0.25) is 5.91 Å². The Bertz CT molecular complexity index is 1120. The van der Waals surface area contributed by atoms with Crippen LogP contribution in [0.25, 0.3) is 0 Å². The van der Waals surface area contributed by atoms with Gasteiger partial charge in [-0.2, -0.15) is 0 Å². The number of nitrogens with zero attached hydrogens (tertiary/aromatic N) is 3. The molecule has 2 fully saturated rings. The monoisotopic (exact) mass is 554 g/mol. The Labute approximate surface area is 240 Å². The fourth-order valence-corrected chi connectivity index (χ4v) is 5.94. The van der Waals surface area contributed by atoms with Crippen LogP contribution in [0.2, 0.25) is 0 Å². The van der Waals surface area contributed by atoms with Crippen molar-refractivity contribution in [2.24, 2.45) is 17.3 Å². The second-order valence-corrected chi connectivity index (χ2v) is 13.5. The Hall–Kier alpha value is -2.28. The molecule has 1 aromatic heterocycles. The van der Waals surface area contributed by atoms with Gasteiger partial charge in [-0.1, -0.05) is 52.3 Å². The summed E-state index contributed by atoms with van der Waals surface area (Å²) in [5.74, 6) is 1.22. The molecule has 0 unspecified atom stereocenters. The molecule has 1 amide bonds. The first-order valence-corrected chi connectivity index (χ1v) is 15.7. The number of hydrogen-bond donors (Lipinski definition) is 1. The van der Waals surface area contributed by atoms with Crippen molar-refractivity contribution in [1.82, 2.24) is 15.0 Å². The topological polar surface area (TPSA) is 69.0 Å². The number of amides is 1. The third-order valence-corrected chi connectivity index (χ3v) is 9.36. The van der Waals surface area contributed by atoms with Crippen LogP contribution in [0.15, 0.2) is 18.2 Å². The van der Waals surface area contributed by atoms with Crippen molar-refractivity contribution < 1.29 is 13.9 Å². The van der Waals surface area contributed by atoms with Gasteiger partial charge < -0.3 is 10.1 Å². The third kappa shape index (κ3) is 7.92. The molecule has 0 bridgehead atoms. The first-order valence-electron chi connectivity index (χ1n) is 15.7. The van der Waals surface area contributed by atoms with E-state index >= 15 is 0 Å². The molecule has 0 spiro atoms. The van der Waals surface area contributed by atoms with E-state index in [2.05, 4.69) is 44.6 Å². The molecule has 40 heavy (non-hydrogen) atoms. The lowest BCUT2D eigenvalue weighted by atomic mass is 9.67. The molecule has 222 valence electrons. The molecule has 2 saturated carbocycles. The van der Waals surface area contributed by atoms with Crippen molar-refractivity contribution in [1.29, 1.82) is 0 Å². The number of benzene rings is 1. The third-order valence-electron chi connectivity index (χ3n) is 9.36. The summed E-state index contributed by atoms with van der Waals surface area (Å²) >= 11 is 0. The van der Waals surface area contributed by atoms with Crippen LogP contribution in [0.4, 0.5) is 10.1 Å². The quantitative estimate of drug-likeness (QED) is 0.212. The minimum absolute atomic E-state index is 0.0663. The van der Waals surface area contributed by atoms with E-state index < -0.39 is 5.82 Å². The Morgan fingerprint density at radius 3 is 2.58 bits per heavy atom. The predicted molar refractivity (Wildman–Crippen MR) is 159 cm³/mol. The molecule has 1 atom stereocenters. The lowest BCUT2D eigenvalue weighted by molar-refractivity contribution is -0.116. The second kappa shape index (κ2) is 13.6. The second-order valence-electron chi connectivity index (χ2n) is 13.5. The summed E-state index contributed by atoms with van der Waals surface area (Å²) in [5.41, 5.74) is 3.62. The highest BCUT2D eigenvalue weighted by Crippen LogP contribution is 2.50. The average molecular weight is 555 g/mol. The lowest BCUT2D eigenvalue weighted by Gasteiger charge is -2.42. The van der Waals surface area contributed by atoms with Crippen molar-refractivity contribution >= 4 is 11.6 Å². The maximum atomic E-state index is 14.5. The smallest absolute Gasteiger partial charge is 0.225 e. The fraction of sp³-hybridized carbons (Fsp3) is 0.727. The van der Waals surface area contributed by atoms with Crippen molar-refractivity contribution in [2.45, 2.75) is 124 Å².